The fourth-order valence-corrected chi connectivity index (χ4v) is 5.74. The molecule has 0 saturated heterocycles. The lowest BCUT2D eigenvalue weighted by molar-refractivity contribution is -0.139. The molecular formula is C33H32N2O6S. The fraction of sp³-hybridized carbons (Fsp3) is 0.242. The van der Waals surface area contributed by atoms with Gasteiger partial charge in [-0.25, -0.2) is 9.79 Å². The molecule has 4 aromatic rings. The van der Waals surface area contributed by atoms with Crippen molar-refractivity contribution >= 4 is 23.4 Å². The number of rotatable bonds is 10. The van der Waals surface area contributed by atoms with Crippen molar-refractivity contribution < 1.29 is 23.7 Å². The Bertz CT molecular complexity index is 1790. The standard InChI is InChI=1S/C33H32N2O6S/c1-5-39-32(37)29-22(3)34-33-35(30(29)24-11-15-25(38-4)16-12-24)31(36)28(42-33)20-23-7-6-8-27(19-23)41-18-17-40-26-13-9-21(2)10-14-26/h6-16,19-20,30H,5,17-18H2,1-4H3/b28-20+. The van der Waals surface area contributed by atoms with Gasteiger partial charge >= 0.3 is 5.97 Å². The first kappa shape index (κ1) is 28.9. The summed E-state index contributed by atoms with van der Waals surface area (Å²) >= 11 is 1.28. The van der Waals surface area contributed by atoms with Gasteiger partial charge < -0.3 is 18.9 Å². The summed E-state index contributed by atoms with van der Waals surface area (Å²) in [4.78, 5) is 32.1. The van der Waals surface area contributed by atoms with Gasteiger partial charge in [0.25, 0.3) is 5.56 Å². The average Bonchev–Trinajstić information content (AvgIpc) is 3.29. The number of allylic oxidation sites excluding steroid dienone is 1. The number of carbonyl (C=O) groups is 1. The second-order valence-corrected chi connectivity index (χ2v) is 10.7. The summed E-state index contributed by atoms with van der Waals surface area (Å²) in [6.45, 7) is 6.54. The SMILES string of the molecule is CCOC(=O)C1=C(C)N=c2s/c(=C/c3cccc(OCCOc4ccc(C)cc4)c3)c(=O)n2C1c1ccc(OC)cc1. The molecule has 0 amide bonds. The zero-order chi connectivity index (χ0) is 29.6. The third kappa shape index (κ3) is 6.31. The highest BCUT2D eigenvalue weighted by molar-refractivity contribution is 7.07. The third-order valence-corrected chi connectivity index (χ3v) is 7.73. The summed E-state index contributed by atoms with van der Waals surface area (Å²) in [6, 6.07) is 22.0. The highest BCUT2D eigenvalue weighted by atomic mass is 32.1. The summed E-state index contributed by atoms with van der Waals surface area (Å²) in [7, 11) is 1.59. The molecule has 1 aliphatic heterocycles. The van der Waals surface area contributed by atoms with Gasteiger partial charge in [-0.15, -0.1) is 0 Å². The number of aryl methyl sites for hydroxylation is 1. The molecule has 9 heteroatoms. The van der Waals surface area contributed by atoms with Gasteiger partial charge in [-0.1, -0.05) is 53.3 Å². The predicted octanol–water partition coefficient (Wildman–Crippen LogP) is 4.57. The summed E-state index contributed by atoms with van der Waals surface area (Å²) in [5, 5.41) is 0. The van der Waals surface area contributed by atoms with Crippen molar-refractivity contribution in [3.05, 3.63) is 120 Å². The lowest BCUT2D eigenvalue weighted by atomic mass is 9.96. The van der Waals surface area contributed by atoms with Gasteiger partial charge in [0.05, 0.1) is 35.6 Å². The first-order chi connectivity index (χ1) is 20.4. The number of nitrogens with zero attached hydrogens (tertiary/aromatic N) is 2. The molecule has 1 aromatic heterocycles. The maximum Gasteiger partial charge on any atom is 0.338 e. The maximum absolute atomic E-state index is 13.8. The van der Waals surface area contributed by atoms with E-state index in [0.29, 0.717) is 45.3 Å². The Morgan fingerprint density at radius 1 is 0.952 bits per heavy atom. The van der Waals surface area contributed by atoms with Crippen molar-refractivity contribution in [3.63, 3.8) is 0 Å². The van der Waals surface area contributed by atoms with Crippen LogP contribution in [-0.2, 0) is 9.53 Å². The molecule has 8 nitrogen and oxygen atoms in total. The number of fused-ring (bicyclic) bond motifs is 1. The molecule has 0 N–H and O–H groups in total. The minimum atomic E-state index is -0.684. The van der Waals surface area contributed by atoms with E-state index in [4.69, 9.17) is 18.9 Å². The van der Waals surface area contributed by atoms with E-state index in [0.717, 1.165) is 16.9 Å². The summed E-state index contributed by atoms with van der Waals surface area (Å²) in [5.74, 6) is 1.64. The van der Waals surface area contributed by atoms with Crippen LogP contribution in [0.25, 0.3) is 6.08 Å². The van der Waals surface area contributed by atoms with Gasteiger partial charge in [0.15, 0.2) is 4.80 Å². The van der Waals surface area contributed by atoms with Crippen molar-refractivity contribution in [3.8, 4) is 17.2 Å². The van der Waals surface area contributed by atoms with Crippen LogP contribution in [0.15, 0.2) is 93.9 Å². The van der Waals surface area contributed by atoms with Gasteiger partial charge in [0, 0.05) is 0 Å². The van der Waals surface area contributed by atoms with E-state index in [1.54, 1.807) is 37.7 Å². The van der Waals surface area contributed by atoms with Crippen LogP contribution in [0.5, 0.6) is 17.2 Å². The summed E-state index contributed by atoms with van der Waals surface area (Å²) in [6.07, 6.45) is 1.81. The van der Waals surface area contributed by atoms with E-state index < -0.39 is 12.0 Å². The topological polar surface area (TPSA) is 88.4 Å². The molecule has 0 spiro atoms. The highest BCUT2D eigenvalue weighted by Gasteiger charge is 2.33. The Labute approximate surface area is 247 Å². The summed E-state index contributed by atoms with van der Waals surface area (Å²) in [5.41, 5.74) is 3.35. The Morgan fingerprint density at radius 2 is 1.64 bits per heavy atom. The van der Waals surface area contributed by atoms with Crippen LogP contribution >= 0.6 is 11.3 Å². The Morgan fingerprint density at radius 3 is 2.33 bits per heavy atom. The van der Waals surface area contributed by atoms with Crippen LogP contribution in [0, 0.1) is 6.92 Å². The number of methoxy groups -OCH3 is 1. The van der Waals surface area contributed by atoms with Gasteiger partial charge in [-0.3, -0.25) is 9.36 Å². The molecule has 0 saturated carbocycles. The van der Waals surface area contributed by atoms with Crippen LogP contribution in [0.4, 0.5) is 0 Å². The van der Waals surface area contributed by atoms with E-state index >= 15 is 0 Å². The predicted molar refractivity (Wildman–Crippen MR) is 162 cm³/mol. The highest BCUT2D eigenvalue weighted by Crippen LogP contribution is 2.31. The van der Waals surface area contributed by atoms with Crippen LogP contribution in [0.2, 0.25) is 0 Å². The lowest BCUT2D eigenvalue weighted by Crippen LogP contribution is -2.39. The number of carbonyl (C=O) groups excluding carboxylic acids is 1. The fourth-order valence-electron chi connectivity index (χ4n) is 4.69. The molecule has 0 fully saturated rings. The molecule has 0 radical (unpaired) electrons. The monoisotopic (exact) mass is 584 g/mol. The maximum atomic E-state index is 13.8. The van der Waals surface area contributed by atoms with Crippen molar-refractivity contribution in [2.45, 2.75) is 26.8 Å². The number of aromatic nitrogens is 1. The number of hydrogen-bond acceptors (Lipinski definition) is 8. The number of ether oxygens (including phenoxy) is 4. The quantitative estimate of drug-likeness (QED) is 0.200. The molecule has 3 aromatic carbocycles. The molecule has 216 valence electrons. The van der Waals surface area contributed by atoms with Crippen LogP contribution in [0.3, 0.4) is 0 Å². The Hall–Kier alpha value is -4.63. The van der Waals surface area contributed by atoms with Crippen molar-refractivity contribution in [2.24, 2.45) is 4.99 Å². The van der Waals surface area contributed by atoms with Crippen LogP contribution < -0.4 is 29.1 Å². The van der Waals surface area contributed by atoms with Crippen molar-refractivity contribution in [1.29, 1.82) is 0 Å². The van der Waals surface area contributed by atoms with Crippen LogP contribution in [0.1, 0.15) is 36.6 Å². The number of hydrogen-bond donors (Lipinski definition) is 0. The molecule has 2 heterocycles. The van der Waals surface area contributed by atoms with Gasteiger partial charge in [0.1, 0.15) is 30.5 Å². The number of esters is 1. The van der Waals surface area contributed by atoms with Crippen LogP contribution in [-0.4, -0.2) is 37.5 Å². The van der Waals surface area contributed by atoms with Crippen molar-refractivity contribution in [2.75, 3.05) is 26.9 Å². The molecule has 42 heavy (non-hydrogen) atoms. The second kappa shape index (κ2) is 12.9. The van der Waals surface area contributed by atoms with E-state index in [1.807, 2.05) is 73.7 Å². The molecular weight excluding hydrogens is 552 g/mol. The van der Waals surface area contributed by atoms with Gasteiger partial charge in [0.2, 0.25) is 0 Å². The molecule has 0 aliphatic carbocycles. The minimum Gasteiger partial charge on any atom is -0.497 e. The smallest absolute Gasteiger partial charge is 0.338 e. The third-order valence-electron chi connectivity index (χ3n) is 6.75. The van der Waals surface area contributed by atoms with Crippen molar-refractivity contribution in [1.82, 2.24) is 4.57 Å². The number of benzene rings is 3. The van der Waals surface area contributed by atoms with E-state index in [-0.39, 0.29) is 12.2 Å². The van der Waals surface area contributed by atoms with Gasteiger partial charge in [-0.05, 0) is 74.4 Å². The zero-order valence-corrected chi connectivity index (χ0v) is 24.8. The Balaban J connectivity index is 1.43. The van der Waals surface area contributed by atoms with Gasteiger partial charge in [-0.2, -0.15) is 0 Å². The lowest BCUT2D eigenvalue weighted by Gasteiger charge is -2.24. The second-order valence-electron chi connectivity index (χ2n) is 9.66. The Kier molecular flexibility index (Phi) is 8.88. The first-order valence-corrected chi connectivity index (χ1v) is 14.5. The number of thiazole rings is 1. The normalized spacial score (nSPS) is 14.7. The molecule has 1 atom stereocenters. The minimum absolute atomic E-state index is 0.214. The van der Waals surface area contributed by atoms with E-state index in [2.05, 4.69) is 4.99 Å². The molecule has 1 aliphatic rings. The van der Waals surface area contributed by atoms with E-state index in [9.17, 15) is 9.59 Å². The first-order valence-electron chi connectivity index (χ1n) is 13.6. The molecule has 0 bridgehead atoms. The van der Waals surface area contributed by atoms with E-state index in [1.165, 1.54) is 16.9 Å². The molecule has 1 unspecified atom stereocenters. The zero-order valence-electron chi connectivity index (χ0n) is 24.0. The largest absolute Gasteiger partial charge is 0.497 e. The molecule has 5 rings (SSSR count). The summed E-state index contributed by atoms with van der Waals surface area (Å²) < 4.78 is 24.4. The average molecular weight is 585 g/mol.